The van der Waals surface area contributed by atoms with Gasteiger partial charge in [0.25, 0.3) is 5.95 Å². The Kier molecular flexibility index (Phi) is 4.29. The molecule has 3 fully saturated rings. The van der Waals surface area contributed by atoms with Gasteiger partial charge in [0.2, 0.25) is 0 Å². The van der Waals surface area contributed by atoms with Gasteiger partial charge < -0.3 is 19.0 Å². The molecular formula is C25H30O6. The molecule has 0 radical (unpaired) electrons. The second-order valence-corrected chi connectivity index (χ2v) is 10.3. The maximum absolute atomic E-state index is 13.1. The minimum atomic E-state index is -1.20. The monoisotopic (exact) mass is 426 g/mol. The number of allylic oxidation sites excluding steroid dienone is 3. The molecule has 5 atom stereocenters. The van der Waals surface area contributed by atoms with Gasteiger partial charge in [0, 0.05) is 23.8 Å². The predicted molar refractivity (Wildman–Crippen MR) is 115 cm³/mol. The molecule has 166 valence electrons. The Balaban J connectivity index is 1.65. The van der Waals surface area contributed by atoms with Gasteiger partial charge in [0.05, 0.1) is 17.6 Å². The fourth-order valence-electron chi connectivity index (χ4n) is 6.83. The number of rotatable bonds is 2. The van der Waals surface area contributed by atoms with Crippen molar-refractivity contribution in [3.63, 3.8) is 0 Å². The van der Waals surface area contributed by atoms with Gasteiger partial charge >= 0.3 is 0 Å². The highest BCUT2D eigenvalue weighted by atomic mass is 16.6. The number of hydrogen-bond donors (Lipinski definition) is 1. The molecule has 5 rings (SSSR count). The Morgan fingerprint density at radius 3 is 2.65 bits per heavy atom. The summed E-state index contributed by atoms with van der Waals surface area (Å²) in [5.74, 6) is 0.492. The summed E-state index contributed by atoms with van der Waals surface area (Å²) in [7, 11) is 0. The number of Topliss-reactive ketones (excluding diaryl/α,β-unsaturated/α-hetero) is 1. The van der Waals surface area contributed by atoms with Crippen molar-refractivity contribution in [1.29, 1.82) is 0 Å². The summed E-state index contributed by atoms with van der Waals surface area (Å²) in [6, 6.07) is 1.46. The first-order valence-electron chi connectivity index (χ1n) is 11.1. The van der Waals surface area contributed by atoms with E-state index in [0.717, 1.165) is 0 Å². The van der Waals surface area contributed by atoms with E-state index >= 15 is 0 Å². The first-order valence-corrected chi connectivity index (χ1v) is 11.1. The molecule has 6 heteroatoms. The maximum atomic E-state index is 13.1. The third-order valence-electron chi connectivity index (χ3n) is 8.56. The molecule has 0 bridgehead atoms. The molecule has 0 aromatic carbocycles. The van der Waals surface area contributed by atoms with Gasteiger partial charge in [-0.2, -0.15) is 0 Å². The molecule has 1 aromatic rings. The lowest BCUT2D eigenvalue weighted by Crippen LogP contribution is -2.73. The summed E-state index contributed by atoms with van der Waals surface area (Å²) < 4.78 is 18.7. The number of ketones is 1. The average molecular weight is 427 g/mol. The maximum Gasteiger partial charge on any atom is 0.295 e. The third kappa shape index (κ3) is 2.46. The van der Waals surface area contributed by atoms with E-state index in [0.29, 0.717) is 43.6 Å². The second kappa shape index (κ2) is 6.42. The topological polar surface area (TPSA) is 86.0 Å². The van der Waals surface area contributed by atoms with Crippen LogP contribution < -0.4 is 10.2 Å². The van der Waals surface area contributed by atoms with Crippen LogP contribution in [-0.2, 0) is 9.53 Å². The van der Waals surface area contributed by atoms with Crippen LogP contribution in [0.15, 0.2) is 33.5 Å². The quantitative estimate of drug-likeness (QED) is 0.721. The molecule has 1 spiro atoms. The summed E-state index contributed by atoms with van der Waals surface area (Å²) >= 11 is 0. The van der Waals surface area contributed by atoms with Crippen LogP contribution in [0.25, 0.3) is 6.08 Å². The Morgan fingerprint density at radius 1 is 1.13 bits per heavy atom. The molecule has 4 aliphatic rings. The summed E-state index contributed by atoms with van der Waals surface area (Å²) in [6.07, 6.45) is 8.69. The Labute approximate surface area is 181 Å². The van der Waals surface area contributed by atoms with E-state index in [-0.39, 0.29) is 23.1 Å². The lowest BCUT2D eigenvalue weighted by molar-refractivity contribution is -0.250. The van der Waals surface area contributed by atoms with Crippen molar-refractivity contribution < 1.29 is 23.8 Å². The molecule has 2 aliphatic heterocycles. The van der Waals surface area contributed by atoms with Crippen LogP contribution in [0.3, 0.4) is 0 Å². The molecule has 0 amide bonds. The van der Waals surface area contributed by atoms with Gasteiger partial charge in [0.15, 0.2) is 5.43 Å². The number of aliphatic hydroxyl groups is 1. The number of carbonyl (C=O) groups is 1. The molecule has 5 unspecified atom stereocenters. The fourth-order valence-corrected chi connectivity index (χ4v) is 6.83. The normalized spacial score (nSPS) is 40.5. The Bertz CT molecular complexity index is 1060. The van der Waals surface area contributed by atoms with E-state index in [9.17, 15) is 14.7 Å². The molecule has 1 saturated heterocycles. The molecule has 6 nitrogen and oxygen atoms in total. The summed E-state index contributed by atoms with van der Waals surface area (Å²) in [5.41, 5.74) is -3.18. The van der Waals surface area contributed by atoms with Gasteiger partial charge in [-0.05, 0) is 39.2 Å². The van der Waals surface area contributed by atoms with Gasteiger partial charge in [-0.15, -0.1) is 0 Å². The van der Waals surface area contributed by atoms with Gasteiger partial charge in [0.1, 0.15) is 28.8 Å². The van der Waals surface area contributed by atoms with Gasteiger partial charge in [-0.1, -0.05) is 32.1 Å². The molecule has 3 heterocycles. The molecule has 2 aliphatic carbocycles. The number of carbonyl (C=O) groups excluding carboxylic acids is 1. The van der Waals surface area contributed by atoms with Crippen LogP contribution in [0.2, 0.25) is 0 Å². The molecule has 1 aromatic heterocycles. The van der Waals surface area contributed by atoms with E-state index in [1.807, 2.05) is 39.8 Å². The zero-order valence-electron chi connectivity index (χ0n) is 18.6. The van der Waals surface area contributed by atoms with E-state index in [4.69, 9.17) is 13.9 Å². The average Bonchev–Trinajstić information content (AvgIpc) is 3.10. The molecule has 1 N–H and O–H groups in total. The van der Waals surface area contributed by atoms with E-state index in [1.165, 1.54) is 6.07 Å². The molecule has 31 heavy (non-hydrogen) atoms. The minimum absolute atomic E-state index is 0.0851. The Hall–Kier alpha value is -2.18. The summed E-state index contributed by atoms with van der Waals surface area (Å²) in [6.45, 7) is 7.93. The van der Waals surface area contributed by atoms with Crippen molar-refractivity contribution in [2.24, 2.45) is 16.7 Å². The SMILES string of the molecule is CC=CC=Cc1cc(=O)c2c(o1)OC1(C)CCC3(O)C(C)(C)C(=O)CCC34COC2C14. The van der Waals surface area contributed by atoms with Crippen LogP contribution in [-0.4, -0.2) is 28.7 Å². The lowest BCUT2D eigenvalue weighted by atomic mass is 9.42. The van der Waals surface area contributed by atoms with Gasteiger partial charge in [-0.25, -0.2) is 0 Å². The predicted octanol–water partition coefficient (Wildman–Crippen LogP) is 3.97. The van der Waals surface area contributed by atoms with Crippen LogP contribution in [0.5, 0.6) is 5.95 Å². The number of hydrogen-bond acceptors (Lipinski definition) is 6. The van der Waals surface area contributed by atoms with Crippen LogP contribution in [0, 0.1) is 16.7 Å². The van der Waals surface area contributed by atoms with Crippen molar-refractivity contribution >= 4 is 11.9 Å². The van der Waals surface area contributed by atoms with Crippen LogP contribution in [0.4, 0.5) is 0 Å². The largest absolute Gasteiger partial charge is 0.458 e. The van der Waals surface area contributed by atoms with Crippen molar-refractivity contribution in [2.75, 3.05) is 6.61 Å². The first-order chi connectivity index (χ1) is 14.6. The fraction of sp³-hybridized carbons (Fsp3) is 0.600. The lowest BCUT2D eigenvalue weighted by Gasteiger charge is -2.64. The number of ether oxygens (including phenoxy) is 2. The Morgan fingerprint density at radius 2 is 1.90 bits per heavy atom. The molecular weight excluding hydrogens is 396 g/mol. The first kappa shape index (κ1) is 20.7. The van der Waals surface area contributed by atoms with Crippen LogP contribution >= 0.6 is 0 Å². The van der Waals surface area contributed by atoms with Crippen LogP contribution in [0.1, 0.15) is 70.8 Å². The summed E-state index contributed by atoms with van der Waals surface area (Å²) in [5, 5.41) is 12.0. The van der Waals surface area contributed by atoms with Crippen molar-refractivity contribution in [3.8, 4) is 5.95 Å². The van der Waals surface area contributed by atoms with Crippen molar-refractivity contribution in [1.82, 2.24) is 0 Å². The standard InChI is InChI=1S/C25H30O6/c1-5-6-7-8-15-13-16(26)18-19-20-23(4,31-21(18)30-15)11-12-25(28)22(2,3)17(27)9-10-24(20,25)14-29-19/h5-8,13,19-20,28H,9-12,14H2,1-4H3. The van der Waals surface area contributed by atoms with Crippen molar-refractivity contribution in [2.45, 2.75) is 70.7 Å². The minimum Gasteiger partial charge on any atom is -0.458 e. The van der Waals surface area contributed by atoms with E-state index in [1.54, 1.807) is 12.2 Å². The second-order valence-electron chi connectivity index (χ2n) is 10.3. The van der Waals surface area contributed by atoms with Crippen molar-refractivity contribution in [3.05, 3.63) is 45.8 Å². The highest BCUT2D eigenvalue weighted by Gasteiger charge is 2.76. The zero-order valence-corrected chi connectivity index (χ0v) is 18.6. The smallest absolute Gasteiger partial charge is 0.295 e. The van der Waals surface area contributed by atoms with E-state index < -0.39 is 28.1 Å². The highest BCUT2D eigenvalue weighted by molar-refractivity contribution is 5.87. The van der Waals surface area contributed by atoms with E-state index in [2.05, 4.69) is 0 Å². The third-order valence-corrected chi connectivity index (χ3v) is 8.56. The number of fused-ring (bicyclic) bond motifs is 2. The molecule has 2 saturated carbocycles. The van der Waals surface area contributed by atoms with Gasteiger partial charge in [-0.3, -0.25) is 9.59 Å². The highest BCUT2D eigenvalue weighted by Crippen LogP contribution is 2.71. The summed E-state index contributed by atoms with van der Waals surface area (Å²) in [4.78, 5) is 25.9. The zero-order chi connectivity index (χ0) is 22.2.